The van der Waals surface area contributed by atoms with Gasteiger partial charge in [0.2, 0.25) is 0 Å². The monoisotopic (exact) mass is 419 g/mol. The highest BCUT2D eigenvalue weighted by Crippen LogP contribution is 2.43. The minimum atomic E-state index is -4.41. The second-order valence-electron chi connectivity index (χ2n) is 9.00. The smallest absolute Gasteiger partial charge is 0.300 e. The zero-order chi connectivity index (χ0) is 20.2. The molecule has 0 bridgehead atoms. The zero-order valence-electron chi connectivity index (χ0n) is 16.2. The van der Waals surface area contributed by atoms with Crippen molar-refractivity contribution in [3.05, 3.63) is 17.5 Å². The molecule has 0 amide bonds. The fraction of sp³-hybridized carbons (Fsp3) is 0.842. The maximum Gasteiger partial charge on any atom is 0.435 e. The molecular weight excluding hydrogens is 391 g/mol. The van der Waals surface area contributed by atoms with Gasteiger partial charge < -0.3 is 0 Å². The van der Waals surface area contributed by atoms with Gasteiger partial charge in [0.1, 0.15) is 0 Å². The molecule has 2 saturated heterocycles. The van der Waals surface area contributed by atoms with E-state index in [9.17, 15) is 21.6 Å². The summed E-state index contributed by atoms with van der Waals surface area (Å²) < 4.78 is 64.1. The fourth-order valence-electron chi connectivity index (χ4n) is 5.60. The first-order valence-corrected chi connectivity index (χ1v) is 11.9. The van der Waals surface area contributed by atoms with Crippen molar-refractivity contribution < 1.29 is 21.6 Å². The van der Waals surface area contributed by atoms with Crippen LogP contribution in [0.1, 0.15) is 62.3 Å². The number of likely N-dealkylation sites (tertiary alicyclic amines) is 1. The van der Waals surface area contributed by atoms with E-state index in [2.05, 4.69) is 10.00 Å². The van der Waals surface area contributed by atoms with Gasteiger partial charge in [0.25, 0.3) is 0 Å². The van der Waals surface area contributed by atoms with Crippen LogP contribution in [0.4, 0.5) is 13.2 Å². The van der Waals surface area contributed by atoms with Crippen molar-refractivity contribution in [3.63, 3.8) is 0 Å². The Morgan fingerprint density at radius 3 is 2.46 bits per heavy atom. The SMILES string of the molecule is Cn1nc(C(F)(F)F)cc1C1CCC(N2CCC[C@@]3(CCS(=O)(=O)C3)C2)CC1. The number of halogens is 3. The van der Waals surface area contributed by atoms with Crippen LogP contribution in [0.15, 0.2) is 6.07 Å². The average molecular weight is 420 g/mol. The fourth-order valence-corrected chi connectivity index (χ4v) is 7.80. The Kier molecular flexibility index (Phi) is 5.05. The molecule has 1 aromatic heterocycles. The molecule has 1 saturated carbocycles. The Hall–Kier alpha value is -1.09. The molecule has 0 radical (unpaired) electrons. The van der Waals surface area contributed by atoms with Crippen molar-refractivity contribution >= 4 is 9.84 Å². The highest BCUT2D eigenvalue weighted by molar-refractivity contribution is 7.91. The van der Waals surface area contributed by atoms with Gasteiger partial charge in [0.15, 0.2) is 15.5 Å². The number of aromatic nitrogens is 2. The third kappa shape index (κ3) is 3.97. The topological polar surface area (TPSA) is 55.2 Å². The zero-order valence-corrected chi connectivity index (χ0v) is 17.0. The minimum absolute atomic E-state index is 0.0718. The Morgan fingerprint density at radius 2 is 1.89 bits per heavy atom. The summed E-state index contributed by atoms with van der Waals surface area (Å²) in [6.45, 7) is 1.85. The van der Waals surface area contributed by atoms with E-state index in [0.717, 1.165) is 58.0 Å². The number of nitrogens with zero attached hydrogens (tertiary/aromatic N) is 3. The van der Waals surface area contributed by atoms with Crippen molar-refractivity contribution in [1.82, 2.24) is 14.7 Å². The summed E-state index contributed by atoms with van der Waals surface area (Å²) >= 11 is 0. The van der Waals surface area contributed by atoms with Crippen molar-refractivity contribution in [2.45, 2.75) is 63.1 Å². The van der Waals surface area contributed by atoms with Crippen LogP contribution in [0.25, 0.3) is 0 Å². The van der Waals surface area contributed by atoms with Crippen molar-refractivity contribution in [1.29, 1.82) is 0 Å². The van der Waals surface area contributed by atoms with E-state index in [-0.39, 0.29) is 11.3 Å². The summed E-state index contributed by atoms with van der Waals surface area (Å²) in [6.07, 6.45) is 1.99. The lowest BCUT2D eigenvalue weighted by Crippen LogP contribution is -2.49. The van der Waals surface area contributed by atoms with Crippen LogP contribution < -0.4 is 0 Å². The summed E-state index contributed by atoms with van der Waals surface area (Å²) in [4.78, 5) is 2.46. The number of rotatable bonds is 2. The molecule has 1 spiro atoms. The third-order valence-electron chi connectivity index (χ3n) is 7.00. The van der Waals surface area contributed by atoms with Crippen molar-refractivity contribution in [2.24, 2.45) is 12.5 Å². The predicted molar refractivity (Wildman–Crippen MR) is 99.7 cm³/mol. The van der Waals surface area contributed by atoms with Gasteiger partial charge in [-0.05, 0) is 63.0 Å². The van der Waals surface area contributed by atoms with Crippen LogP contribution in [0.2, 0.25) is 0 Å². The first-order valence-electron chi connectivity index (χ1n) is 10.1. The Labute approximate surface area is 164 Å². The van der Waals surface area contributed by atoms with E-state index in [1.54, 1.807) is 7.05 Å². The summed E-state index contributed by atoms with van der Waals surface area (Å²) in [6, 6.07) is 1.61. The van der Waals surface area contributed by atoms with E-state index >= 15 is 0 Å². The van der Waals surface area contributed by atoms with Crippen LogP contribution in [-0.2, 0) is 23.1 Å². The maximum absolute atomic E-state index is 12.9. The van der Waals surface area contributed by atoms with E-state index in [0.29, 0.717) is 23.2 Å². The molecular formula is C19H28F3N3O2S. The predicted octanol–water partition coefficient (Wildman–Crippen LogP) is 3.37. The quantitative estimate of drug-likeness (QED) is 0.738. The molecule has 158 valence electrons. The second kappa shape index (κ2) is 7.00. The highest BCUT2D eigenvalue weighted by Gasteiger charge is 2.46. The Bertz CT molecular complexity index is 828. The highest BCUT2D eigenvalue weighted by atomic mass is 32.2. The Morgan fingerprint density at radius 1 is 1.18 bits per heavy atom. The molecule has 0 unspecified atom stereocenters. The number of aryl methyl sites for hydroxylation is 1. The summed E-state index contributed by atoms with van der Waals surface area (Å²) in [5.74, 6) is 0.743. The summed E-state index contributed by atoms with van der Waals surface area (Å²) in [5, 5.41) is 3.65. The molecule has 28 heavy (non-hydrogen) atoms. The normalized spacial score (nSPS) is 34.1. The molecule has 3 fully saturated rings. The minimum Gasteiger partial charge on any atom is -0.300 e. The molecule has 1 aromatic rings. The van der Waals surface area contributed by atoms with E-state index in [1.165, 1.54) is 10.7 Å². The molecule has 3 heterocycles. The molecule has 0 aromatic carbocycles. The number of hydrogen-bond donors (Lipinski definition) is 0. The van der Waals surface area contributed by atoms with Gasteiger partial charge >= 0.3 is 6.18 Å². The lowest BCUT2D eigenvalue weighted by atomic mass is 9.77. The largest absolute Gasteiger partial charge is 0.435 e. The van der Waals surface area contributed by atoms with E-state index in [1.807, 2.05) is 0 Å². The molecule has 1 aliphatic carbocycles. The van der Waals surface area contributed by atoms with Gasteiger partial charge in [0, 0.05) is 31.2 Å². The van der Waals surface area contributed by atoms with Gasteiger partial charge in [-0.15, -0.1) is 0 Å². The van der Waals surface area contributed by atoms with Crippen LogP contribution in [0, 0.1) is 5.41 Å². The maximum atomic E-state index is 12.9. The standard InChI is InChI=1S/C19H28F3N3O2S/c1-24-16(11-17(23-24)19(20,21)22)14-3-5-15(6-4-14)25-9-2-7-18(12-25)8-10-28(26,27)13-18/h11,14-15H,2-10,12-13H2,1H3/t14?,15?,18-/m1/s1. The first kappa shape index (κ1) is 20.2. The first-order chi connectivity index (χ1) is 13.1. The lowest BCUT2D eigenvalue weighted by molar-refractivity contribution is -0.141. The van der Waals surface area contributed by atoms with Gasteiger partial charge in [-0.25, -0.2) is 8.42 Å². The van der Waals surface area contributed by atoms with Crippen LogP contribution >= 0.6 is 0 Å². The summed E-state index contributed by atoms with van der Waals surface area (Å²) in [5.41, 5.74) is -0.215. The number of piperidine rings is 1. The molecule has 2 aliphatic heterocycles. The molecule has 1 atom stereocenters. The number of hydrogen-bond acceptors (Lipinski definition) is 4. The Balaban J connectivity index is 1.39. The van der Waals surface area contributed by atoms with Gasteiger partial charge in [-0.2, -0.15) is 18.3 Å². The van der Waals surface area contributed by atoms with Gasteiger partial charge in [-0.3, -0.25) is 9.58 Å². The van der Waals surface area contributed by atoms with Gasteiger partial charge in [-0.1, -0.05) is 0 Å². The number of sulfone groups is 1. The second-order valence-corrected chi connectivity index (χ2v) is 11.2. The van der Waals surface area contributed by atoms with Crippen LogP contribution in [-0.4, -0.2) is 53.7 Å². The third-order valence-corrected chi connectivity index (χ3v) is 8.88. The number of alkyl halides is 3. The summed E-state index contributed by atoms with van der Waals surface area (Å²) in [7, 11) is -1.31. The molecule has 3 aliphatic rings. The molecule has 9 heteroatoms. The van der Waals surface area contributed by atoms with Crippen LogP contribution in [0.5, 0.6) is 0 Å². The average Bonchev–Trinajstić information content (AvgIpc) is 3.15. The molecule has 4 rings (SSSR count). The molecule has 5 nitrogen and oxygen atoms in total. The van der Waals surface area contributed by atoms with Crippen LogP contribution in [0.3, 0.4) is 0 Å². The van der Waals surface area contributed by atoms with Crippen molar-refractivity contribution in [3.8, 4) is 0 Å². The van der Waals surface area contributed by atoms with Gasteiger partial charge in [0.05, 0.1) is 11.5 Å². The molecule has 0 N–H and O–H groups in total. The van der Waals surface area contributed by atoms with Crippen molar-refractivity contribution in [2.75, 3.05) is 24.6 Å². The van der Waals surface area contributed by atoms with E-state index < -0.39 is 21.7 Å². The van der Waals surface area contributed by atoms with E-state index in [4.69, 9.17) is 0 Å². The lowest BCUT2D eigenvalue weighted by Gasteiger charge is -2.45.